The van der Waals surface area contributed by atoms with Crippen molar-refractivity contribution in [2.45, 2.75) is 42.5 Å². The monoisotopic (exact) mass is 485 g/mol. The van der Waals surface area contributed by atoms with Crippen LogP contribution >= 0.6 is 23.1 Å². The number of imide groups is 1. The Bertz CT molecular complexity index is 1220. The van der Waals surface area contributed by atoms with E-state index in [2.05, 4.69) is 9.97 Å². The summed E-state index contributed by atoms with van der Waals surface area (Å²) in [7, 11) is 0. The Morgan fingerprint density at radius 1 is 1.21 bits per heavy atom. The van der Waals surface area contributed by atoms with Crippen molar-refractivity contribution >= 4 is 40.9 Å². The van der Waals surface area contributed by atoms with E-state index in [1.54, 1.807) is 31.8 Å². The van der Waals surface area contributed by atoms with E-state index < -0.39 is 23.8 Å². The van der Waals surface area contributed by atoms with E-state index in [1.807, 2.05) is 18.3 Å². The largest absolute Gasteiger partial charge is 0.480 e. The fraction of sp³-hybridized carbons (Fsp3) is 0.522. The summed E-state index contributed by atoms with van der Waals surface area (Å²) in [5, 5.41) is 10.7. The molecular weight excluding hydrogens is 462 g/mol. The van der Waals surface area contributed by atoms with Gasteiger partial charge in [-0.3, -0.25) is 24.3 Å². The molecule has 0 unspecified atom stereocenters. The average molecular weight is 486 g/mol. The molecule has 6 rings (SSSR count). The molecule has 3 fully saturated rings. The molecule has 2 aromatic rings. The van der Waals surface area contributed by atoms with Crippen LogP contribution in [-0.4, -0.2) is 49.0 Å². The molecule has 10 heteroatoms. The number of carboxylic acids is 1. The molecule has 4 heterocycles. The summed E-state index contributed by atoms with van der Waals surface area (Å²) >= 11 is 2.83. The van der Waals surface area contributed by atoms with Crippen LogP contribution in [0.15, 0.2) is 34.3 Å². The van der Waals surface area contributed by atoms with Crippen LogP contribution in [0.2, 0.25) is 0 Å². The third kappa shape index (κ3) is 2.79. The van der Waals surface area contributed by atoms with Crippen molar-refractivity contribution < 1.29 is 19.5 Å². The van der Waals surface area contributed by atoms with Crippen LogP contribution in [0.4, 0.5) is 0 Å². The molecule has 2 amide bonds. The number of aliphatic carboxylic acids is 1. The van der Waals surface area contributed by atoms with E-state index in [-0.39, 0.29) is 51.5 Å². The summed E-state index contributed by atoms with van der Waals surface area (Å²) in [6, 6.07) is 2.75. The van der Waals surface area contributed by atoms with Gasteiger partial charge in [-0.2, -0.15) is 0 Å². The molecule has 4 aliphatic rings. The lowest BCUT2D eigenvalue weighted by atomic mass is 9.68. The summed E-state index contributed by atoms with van der Waals surface area (Å²) in [4.78, 5) is 60.5. The first-order chi connectivity index (χ1) is 15.8. The van der Waals surface area contributed by atoms with Gasteiger partial charge in [0.2, 0.25) is 11.8 Å². The van der Waals surface area contributed by atoms with Gasteiger partial charge in [0.15, 0.2) is 0 Å². The maximum Gasteiger partial charge on any atom is 0.327 e. The first-order valence-electron chi connectivity index (χ1n) is 11.2. The molecule has 33 heavy (non-hydrogen) atoms. The minimum atomic E-state index is -1.14. The number of pyridine rings is 1. The molecule has 2 bridgehead atoms. The van der Waals surface area contributed by atoms with E-state index in [1.165, 1.54) is 11.3 Å². The van der Waals surface area contributed by atoms with Gasteiger partial charge in [0.25, 0.3) is 0 Å². The first-order valence-corrected chi connectivity index (χ1v) is 12.9. The zero-order chi connectivity index (χ0) is 23.2. The highest BCUT2D eigenvalue weighted by Crippen LogP contribution is 2.68. The Morgan fingerprint density at radius 3 is 2.58 bits per heavy atom. The molecule has 8 nitrogen and oxygen atoms in total. The van der Waals surface area contributed by atoms with Gasteiger partial charge in [0, 0.05) is 28.4 Å². The van der Waals surface area contributed by atoms with Crippen molar-refractivity contribution in [2.75, 3.05) is 0 Å². The van der Waals surface area contributed by atoms with Crippen LogP contribution < -0.4 is 4.87 Å². The predicted molar refractivity (Wildman–Crippen MR) is 121 cm³/mol. The summed E-state index contributed by atoms with van der Waals surface area (Å²) in [5.41, 5.74) is 1.01. The molecule has 2 aliphatic heterocycles. The first kappa shape index (κ1) is 21.1. The molecule has 2 N–H and O–H groups in total. The summed E-state index contributed by atoms with van der Waals surface area (Å²) < 4.78 is 0. The van der Waals surface area contributed by atoms with Crippen LogP contribution in [0.1, 0.15) is 36.6 Å². The van der Waals surface area contributed by atoms with Crippen molar-refractivity contribution in [3.63, 3.8) is 0 Å². The van der Waals surface area contributed by atoms with E-state index in [4.69, 9.17) is 0 Å². The third-order valence-corrected chi connectivity index (χ3v) is 10.6. The minimum absolute atomic E-state index is 0.0196. The number of fused-ring (bicyclic) bond motifs is 9. The van der Waals surface area contributed by atoms with Gasteiger partial charge in [0.1, 0.15) is 6.04 Å². The Kier molecular flexibility index (Phi) is 4.65. The van der Waals surface area contributed by atoms with Gasteiger partial charge in [-0.05, 0) is 41.7 Å². The fourth-order valence-electron chi connectivity index (χ4n) is 6.94. The molecule has 0 spiro atoms. The Labute approximate surface area is 197 Å². The number of hydrogen-bond donors (Lipinski definition) is 2. The van der Waals surface area contributed by atoms with Gasteiger partial charge in [-0.1, -0.05) is 31.3 Å². The van der Waals surface area contributed by atoms with Gasteiger partial charge in [-0.15, -0.1) is 11.8 Å². The van der Waals surface area contributed by atoms with E-state index in [0.717, 1.165) is 26.8 Å². The number of thiazole rings is 1. The van der Waals surface area contributed by atoms with E-state index in [0.29, 0.717) is 0 Å². The number of hydrogen-bond acceptors (Lipinski definition) is 7. The number of H-pyrrole nitrogens is 1. The van der Waals surface area contributed by atoms with Crippen molar-refractivity contribution in [2.24, 2.45) is 35.5 Å². The lowest BCUT2D eigenvalue weighted by Crippen LogP contribution is -2.49. The van der Waals surface area contributed by atoms with Gasteiger partial charge < -0.3 is 10.1 Å². The van der Waals surface area contributed by atoms with Crippen molar-refractivity contribution in [3.05, 3.63) is 44.6 Å². The minimum Gasteiger partial charge on any atom is -0.480 e. The van der Waals surface area contributed by atoms with Gasteiger partial charge >= 0.3 is 10.8 Å². The Hall–Kier alpha value is -2.46. The van der Waals surface area contributed by atoms with E-state index >= 15 is 0 Å². The summed E-state index contributed by atoms with van der Waals surface area (Å²) in [6.45, 7) is 3.45. The molecule has 0 aromatic carbocycles. The van der Waals surface area contributed by atoms with Crippen LogP contribution in [0.3, 0.4) is 0 Å². The summed E-state index contributed by atoms with van der Waals surface area (Å²) in [6.07, 6.45) is 4.31. The normalized spacial score (nSPS) is 35.0. The van der Waals surface area contributed by atoms with Crippen LogP contribution in [0, 0.1) is 35.5 Å². The lowest BCUT2D eigenvalue weighted by Gasteiger charge is -2.42. The second-order valence-corrected chi connectivity index (χ2v) is 12.0. The fourth-order valence-corrected chi connectivity index (χ4v) is 9.83. The molecule has 1 saturated heterocycles. The Morgan fingerprint density at radius 2 is 1.94 bits per heavy atom. The van der Waals surface area contributed by atoms with E-state index in [9.17, 15) is 24.3 Å². The third-order valence-electron chi connectivity index (χ3n) is 7.96. The van der Waals surface area contributed by atoms with Crippen LogP contribution in [0.25, 0.3) is 0 Å². The highest BCUT2D eigenvalue weighted by atomic mass is 32.2. The number of aromatic nitrogens is 2. The zero-order valence-electron chi connectivity index (χ0n) is 18.0. The topological polar surface area (TPSA) is 120 Å². The molecule has 2 saturated carbocycles. The van der Waals surface area contributed by atoms with Gasteiger partial charge in [-0.25, -0.2) is 4.79 Å². The number of carboxylic acid groups (broad SMARTS) is 1. The van der Waals surface area contributed by atoms with Crippen LogP contribution in [0.5, 0.6) is 0 Å². The predicted octanol–water partition coefficient (Wildman–Crippen LogP) is 2.41. The maximum atomic E-state index is 13.6. The van der Waals surface area contributed by atoms with Crippen molar-refractivity contribution in [1.82, 2.24) is 14.9 Å². The SMILES string of the molecule is CC(C)[C@@H](C(=O)O)N1C(=O)[C@@H]2[C@@H]3C[C@@H]([C@H]4Sc5[nH]c(=O)sc5[C@H](c5cccnc5)[C@@H]34)[C@@H]2C1=O. The number of amides is 2. The molecule has 8 atom stereocenters. The number of rotatable bonds is 4. The molecule has 2 aromatic heterocycles. The molecular formula is C23H23N3O5S2. The highest BCUT2D eigenvalue weighted by Gasteiger charge is 2.70. The van der Waals surface area contributed by atoms with Crippen molar-refractivity contribution in [3.8, 4) is 0 Å². The Balaban J connectivity index is 1.44. The van der Waals surface area contributed by atoms with Crippen molar-refractivity contribution in [1.29, 1.82) is 0 Å². The lowest BCUT2D eigenvalue weighted by molar-refractivity contribution is -0.157. The number of nitrogens with one attached hydrogen (secondary N) is 1. The smallest absolute Gasteiger partial charge is 0.327 e. The highest BCUT2D eigenvalue weighted by molar-refractivity contribution is 8.00. The number of thioether (sulfide) groups is 1. The second-order valence-electron chi connectivity index (χ2n) is 9.82. The summed E-state index contributed by atoms with van der Waals surface area (Å²) in [5.74, 6) is -3.17. The number of carbonyl (C=O) groups excluding carboxylic acids is 2. The standard InChI is InChI=1S/C23H23N3O5S2/c1-8(2)16(22(29)30)26-20(27)14-10-6-11(15(14)21(26)28)17-13(10)12(9-4-3-5-24-7-9)18-19(32-17)25-23(31)33-18/h3-5,7-8,10-17H,6H2,1-2H3,(H,25,31)(H,29,30)/t10-,11-,12-,13-,14-,15+,16+,17-/m1/s1. The maximum absolute atomic E-state index is 13.6. The molecule has 2 aliphatic carbocycles. The molecule has 0 radical (unpaired) electrons. The number of nitrogens with zero attached hydrogens (tertiary/aromatic N) is 2. The zero-order valence-corrected chi connectivity index (χ0v) is 19.6. The quantitative estimate of drug-likeness (QED) is 0.638. The average Bonchev–Trinajstić information content (AvgIpc) is 3.49. The van der Waals surface area contributed by atoms with Gasteiger partial charge in [0.05, 0.1) is 16.9 Å². The second kappa shape index (κ2) is 7.27. The number of aromatic amines is 1. The number of carbonyl (C=O) groups is 3. The molecule has 172 valence electrons. The number of likely N-dealkylation sites (tertiary alicyclic amines) is 1. The van der Waals surface area contributed by atoms with Crippen LogP contribution in [-0.2, 0) is 14.4 Å².